The van der Waals surface area contributed by atoms with Gasteiger partial charge in [-0.3, -0.25) is 14.2 Å². The fourth-order valence-electron chi connectivity index (χ4n) is 3.17. The van der Waals surface area contributed by atoms with E-state index in [-0.39, 0.29) is 35.6 Å². The maximum absolute atomic E-state index is 14.6. The molecule has 0 radical (unpaired) electrons. The van der Waals surface area contributed by atoms with E-state index in [0.29, 0.717) is 16.6 Å². The van der Waals surface area contributed by atoms with E-state index in [1.54, 1.807) is 58.0 Å². The van der Waals surface area contributed by atoms with Crippen molar-refractivity contribution in [1.29, 1.82) is 0 Å². The Morgan fingerprint density at radius 2 is 1.92 bits per heavy atom. The second-order valence-corrected chi connectivity index (χ2v) is 9.00. The van der Waals surface area contributed by atoms with E-state index in [2.05, 4.69) is 20.6 Å². The predicted molar refractivity (Wildman–Crippen MR) is 147 cm³/mol. The molecule has 9 nitrogen and oxygen atoms in total. The van der Waals surface area contributed by atoms with Crippen LogP contribution in [0.1, 0.15) is 33.3 Å². The van der Waals surface area contributed by atoms with E-state index < -0.39 is 17.3 Å². The van der Waals surface area contributed by atoms with Crippen LogP contribution in [0.4, 0.5) is 21.7 Å². The topological polar surface area (TPSA) is 107 Å². The van der Waals surface area contributed by atoms with Gasteiger partial charge < -0.3 is 20.1 Å². The van der Waals surface area contributed by atoms with Gasteiger partial charge in [0.15, 0.2) is 17.5 Å². The SMILES string of the molecule is COC(C)=N/C=C(\C)C(=O)Nc1cnc(Nc2ccc(OC(C)C)c(F)c2)n(Cc2ccc(Cl)cc2)c1=O. The maximum atomic E-state index is 14.6. The Balaban J connectivity index is 1.96. The summed E-state index contributed by atoms with van der Waals surface area (Å²) in [5, 5.41) is 6.11. The fraction of sp³-hybridized carbons (Fsp3) is 0.259. The molecule has 38 heavy (non-hydrogen) atoms. The minimum absolute atomic E-state index is 0.0402. The fourth-order valence-corrected chi connectivity index (χ4v) is 3.30. The quantitative estimate of drug-likeness (QED) is 0.210. The van der Waals surface area contributed by atoms with Gasteiger partial charge in [0.1, 0.15) is 5.69 Å². The van der Waals surface area contributed by atoms with Crippen LogP contribution in [0.15, 0.2) is 70.2 Å². The van der Waals surface area contributed by atoms with Crippen LogP contribution in [0.25, 0.3) is 0 Å². The van der Waals surface area contributed by atoms with Crippen LogP contribution in [0, 0.1) is 5.82 Å². The molecule has 0 bridgehead atoms. The van der Waals surface area contributed by atoms with Crippen molar-refractivity contribution in [2.75, 3.05) is 17.7 Å². The molecule has 1 aromatic heterocycles. The van der Waals surface area contributed by atoms with Crippen LogP contribution in [-0.4, -0.2) is 34.6 Å². The van der Waals surface area contributed by atoms with Gasteiger partial charge in [0.05, 0.1) is 26.0 Å². The van der Waals surface area contributed by atoms with Crippen molar-refractivity contribution in [3.05, 3.63) is 87.2 Å². The molecule has 2 N–H and O–H groups in total. The van der Waals surface area contributed by atoms with Crippen LogP contribution >= 0.6 is 11.6 Å². The monoisotopic (exact) mass is 541 g/mol. The van der Waals surface area contributed by atoms with E-state index in [1.165, 1.54) is 36.2 Å². The van der Waals surface area contributed by atoms with Gasteiger partial charge in [0.2, 0.25) is 5.95 Å². The van der Waals surface area contributed by atoms with Gasteiger partial charge >= 0.3 is 0 Å². The van der Waals surface area contributed by atoms with Gasteiger partial charge in [0, 0.05) is 35.5 Å². The zero-order valence-electron chi connectivity index (χ0n) is 21.7. The molecule has 0 saturated heterocycles. The number of hydrogen-bond donors (Lipinski definition) is 2. The molecule has 0 atom stereocenters. The van der Waals surface area contributed by atoms with Crippen molar-refractivity contribution < 1.29 is 18.7 Å². The van der Waals surface area contributed by atoms with Gasteiger partial charge in [0.25, 0.3) is 11.5 Å². The Morgan fingerprint density at radius 3 is 2.55 bits per heavy atom. The van der Waals surface area contributed by atoms with Crippen molar-refractivity contribution in [3.63, 3.8) is 0 Å². The van der Waals surface area contributed by atoms with Crippen molar-refractivity contribution >= 4 is 40.7 Å². The van der Waals surface area contributed by atoms with Crippen LogP contribution in [0.5, 0.6) is 5.75 Å². The molecule has 0 saturated carbocycles. The zero-order chi connectivity index (χ0) is 27.8. The zero-order valence-corrected chi connectivity index (χ0v) is 22.5. The number of benzene rings is 2. The highest BCUT2D eigenvalue weighted by atomic mass is 35.5. The summed E-state index contributed by atoms with van der Waals surface area (Å²) >= 11 is 6.00. The van der Waals surface area contributed by atoms with Crippen molar-refractivity contribution in [2.24, 2.45) is 4.99 Å². The number of ether oxygens (including phenoxy) is 2. The number of carbonyl (C=O) groups is 1. The van der Waals surface area contributed by atoms with Crippen LogP contribution in [0.2, 0.25) is 5.02 Å². The molecule has 3 rings (SSSR count). The number of anilines is 3. The second-order valence-electron chi connectivity index (χ2n) is 8.57. The molecule has 0 aliphatic carbocycles. The third kappa shape index (κ3) is 7.66. The second kappa shape index (κ2) is 12.9. The average molecular weight is 542 g/mol. The van der Waals surface area contributed by atoms with Crippen molar-refractivity contribution in [1.82, 2.24) is 9.55 Å². The number of hydrogen-bond acceptors (Lipinski definition) is 7. The molecule has 0 aliphatic heterocycles. The minimum Gasteiger partial charge on any atom is -0.488 e. The molecule has 3 aromatic rings. The van der Waals surface area contributed by atoms with Crippen molar-refractivity contribution in [2.45, 2.75) is 40.3 Å². The molecule has 200 valence electrons. The Labute approximate surface area is 225 Å². The lowest BCUT2D eigenvalue weighted by Crippen LogP contribution is -2.29. The van der Waals surface area contributed by atoms with E-state index in [9.17, 15) is 14.0 Å². The smallest absolute Gasteiger partial charge is 0.279 e. The summed E-state index contributed by atoms with van der Waals surface area (Å²) in [6.07, 6.45) is 2.39. The Kier molecular flexibility index (Phi) is 9.61. The first-order valence-corrected chi connectivity index (χ1v) is 12.1. The largest absolute Gasteiger partial charge is 0.488 e. The summed E-state index contributed by atoms with van der Waals surface area (Å²) in [5.74, 6) is -0.457. The highest BCUT2D eigenvalue weighted by Crippen LogP contribution is 2.24. The summed E-state index contributed by atoms with van der Waals surface area (Å²) in [6.45, 7) is 6.91. The predicted octanol–water partition coefficient (Wildman–Crippen LogP) is 5.52. The molecule has 0 fully saturated rings. The van der Waals surface area contributed by atoms with Crippen molar-refractivity contribution in [3.8, 4) is 5.75 Å². The number of aromatic nitrogens is 2. The number of halogens is 2. The molecule has 0 spiro atoms. The van der Waals surface area contributed by atoms with E-state index in [4.69, 9.17) is 21.1 Å². The third-order valence-corrected chi connectivity index (χ3v) is 5.45. The normalized spacial score (nSPS) is 11.9. The Morgan fingerprint density at radius 1 is 1.21 bits per heavy atom. The van der Waals surface area contributed by atoms with Crippen LogP contribution < -0.4 is 20.9 Å². The number of nitrogens with one attached hydrogen (secondary N) is 2. The molecule has 0 unspecified atom stereocenters. The van der Waals surface area contributed by atoms with Gasteiger partial charge in [-0.15, -0.1) is 0 Å². The van der Waals surface area contributed by atoms with Gasteiger partial charge in [-0.25, -0.2) is 14.4 Å². The first kappa shape index (κ1) is 28.4. The first-order chi connectivity index (χ1) is 18.1. The molecular weight excluding hydrogens is 513 g/mol. The number of aliphatic imine (C=N–C) groups is 1. The third-order valence-electron chi connectivity index (χ3n) is 5.19. The lowest BCUT2D eigenvalue weighted by Gasteiger charge is -2.16. The van der Waals surface area contributed by atoms with Gasteiger partial charge in [-0.1, -0.05) is 23.7 Å². The average Bonchev–Trinajstić information content (AvgIpc) is 2.88. The van der Waals surface area contributed by atoms with E-state index in [0.717, 1.165) is 5.56 Å². The molecule has 11 heteroatoms. The van der Waals surface area contributed by atoms with Gasteiger partial charge in [-0.2, -0.15) is 0 Å². The molecular formula is C27H29ClFN5O4. The summed E-state index contributed by atoms with van der Waals surface area (Å²) < 4.78 is 26.3. The lowest BCUT2D eigenvalue weighted by molar-refractivity contribution is -0.112. The van der Waals surface area contributed by atoms with Crippen LogP contribution in [-0.2, 0) is 16.1 Å². The lowest BCUT2D eigenvalue weighted by atomic mass is 10.2. The summed E-state index contributed by atoms with van der Waals surface area (Å²) in [5.41, 5.74) is 0.817. The summed E-state index contributed by atoms with van der Waals surface area (Å²) in [6, 6.07) is 11.3. The first-order valence-electron chi connectivity index (χ1n) is 11.7. The number of carbonyl (C=O) groups excluding carboxylic acids is 1. The molecule has 2 aromatic carbocycles. The summed E-state index contributed by atoms with van der Waals surface area (Å²) in [7, 11) is 1.47. The Hall–Kier alpha value is -4.18. The highest BCUT2D eigenvalue weighted by molar-refractivity contribution is 6.30. The number of methoxy groups -OCH3 is 1. The maximum Gasteiger partial charge on any atom is 0.279 e. The molecule has 1 amide bonds. The van der Waals surface area contributed by atoms with E-state index in [1.807, 2.05) is 0 Å². The highest BCUT2D eigenvalue weighted by Gasteiger charge is 2.16. The Bertz CT molecular complexity index is 1420. The number of amides is 1. The molecule has 1 heterocycles. The molecule has 0 aliphatic rings. The summed E-state index contributed by atoms with van der Waals surface area (Å²) in [4.78, 5) is 34.4. The number of rotatable bonds is 9. The number of nitrogens with zero attached hydrogens (tertiary/aromatic N) is 3. The van der Waals surface area contributed by atoms with E-state index >= 15 is 0 Å². The van der Waals surface area contributed by atoms with Crippen LogP contribution in [0.3, 0.4) is 0 Å². The van der Waals surface area contributed by atoms with Gasteiger partial charge in [-0.05, 0) is 50.6 Å². The standard InChI is InChI=1S/C27H29ClFN5O4/c1-16(2)38-24-11-10-21(12-22(24)29)32-27-31-14-23(33-25(35)17(3)13-30-18(4)37-5)26(36)34(27)15-19-6-8-20(28)9-7-19/h6-14,16H,15H2,1-5H3,(H,31,32)(H,33,35)/b17-13+,30-18?. The minimum atomic E-state index is -0.562.